The summed E-state index contributed by atoms with van der Waals surface area (Å²) in [4.78, 5) is 22.2. The van der Waals surface area contributed by atoms with Gasteiger partial charge in [-0.3, -0.25) is 9.59 Å². The number of esters is 1. The quantitative estimate of drug-likeness (QED) is 0.552. The van der Waals surface area contributed by atoms with E-state index in [2.05, 4.69) is 6.58 Å². The molecule has 5 heteroatoms. The maximum atomic E-state index is 11.2. The fourth-order valence-electron chi connectivity index (χ4n) is 1.74. The summed E-state index contributed by atoms with van der Waals surface area (Å²) in [5.41, 5.74) is 0. The lowest BCUT2D eigenvalue weighted by atomic mass is 10.0. The van der Waals surface area contributed by atoms with Crippen LogP contribution in [0.25, 0.3) is 0 Å². The molecule has 0 fully saturated rings. The van der Waals surface area contributed by atoms with Crippen LogP contribution >= 0.6 is 0 Å². The molecule has 1 aliphatic heterocycles. The first-order chi connectivity index (χ1) is 8.40. The van der Waals surface area contributed by atoms with Gasteiger partial charge >= 0.3 is 5.97 Å². The minimum absolute atomic E-state index is 0.0211. The number of hydrogen-bond acceptors (Lipinski definition) is 5. The molecule has 0 saturated heterocycles. The molecule has 0 bridgehead atoms. The van der Waals surface area contributed by atoms with Crippen LogP contribution in [0.1, 0.15) is 27.2 Å². The fourth-order valence-corrected chi connectivity index (χ4v) is 1.74. The molecule has 0 saturated carbocycles. The third-order valence-electron chi connectivity index (χ3n) is 2.34. The van der Waals surface area contributed by atoms with Gasteiger partial charge in [0.1, 0.15) is 11.9 Å². The topological polar surface area (TPSA) is 61.8 Å². The standard InChI is InChI=1S/C13H18O5/c1-8(2)17-13-11(18-10(4)15)5-6-16-12(13)7-9(3)14/h5-6,11-13H,1,7H2,2-4H3/t11-,12+,13-/m0/s1. The minimum Gasteiger partial charge on any atom is -0.494 e. The molecule has 5 nitrogen and oxygen atoms in total. The molecule has 0 aromatic heterocycles. The van der Waals surface area contributed by atoms with Crippen molar-refractivity contribution >= 4 is 11.8 Å². The number of ketones is 1. The Kier molecular flexibility index (Phi) is 4.95. The van der Waals surface area contributed by atoms with Gasteiger partial charge in [0.15, 0.2) is 12.2 Å². The third-order valence-corrected chi connectivity index (χ3v) is 2.34. The summed E-state index contributed by atoms with van der Waals surface area (Å²) < 4.78 is 16.0. The molecule has 0 amide bonds. The number of rotatable bonds is 5. The van der Waals surface area contributed by atoms with E-state index in [1.165, 1.54) is 20.1 Å². The Bertz CT molecular complexity index is 372. The van der Waals surface area contributed by atoms with Gasteiger partial charge in [-0.25, -0.2) is 0 Å². The Morgan fingerprint density at radius 1 is 1.28 bits per heavy atom. The first-order valence-corrected chi connectivity index (χ1v) is 5.71. The van der Waals surface area contributed by atoms with Crippen LogP contribution in [0.4, 0.5) is 0 Å². The predicted octanol–water partition coefficient (Wildman–Crippen LogP) is 1.73. The molecule has 1 heterocycles. The highest BCUT2D eigenvalue weighted by Gasteiger charge is 2.36. The summed E-state index contributed by atoms with van der Waals surface area (Å²) >= 11 is 0. The number of ether oxygens (including phenoxy) is 3. The van der Waals surface area contributed by atoms with E-state index in [-0.39, 0.29) is 12.2 Å². The van der Waals surface area contributed by atoms with Gasteiger partial charge < -0.3 is 14.2 Å². The number of Topliss-reactive ketones (excluding diaryl/α,β-unsaturated/α-hetero) is 1. The van der Waals surface area contributed by atoms with E-state index in [4.69, 9.17) is 14.2 Å². The summed E-state index contributed by atoms with van der Waals surface area (Å²) in [5, 5.41) is 0. The number of carbonyl (C=O) groups is 2. The molecule has 0 aliphatic carbocycles. The highest BCUT2D eigenvalue weighted by atomic mass is 16.6. The molecule has 100 valence electrons. The van der Waals surface area contributed by atoms with E-state index in [1.54, 1.807) is 13.0 Å². The van der Waals surface area contributed by atoms with Crippen LogP contribution in [0.2, 0.25) is 0 Å². The van der Waals surface area contributed by atoms with Crippen molar-refractivity contribution in [3.8, 4) is 0 Å². The number of hydrogen-bond donors (Lipinski definition) is 0. The van der Waals surface area contributed by atoms with E-state index in [1.807, 2.05) is 0 Å². The van der Waals surface area contributed by atoms with Gasteiger partial charge in [-0.2, -0.15) is 0 Å². The highest BCUT2D eigenvalue weighted by molar-refractivity contribution is 5.76. The summed E-state index contributed by atoms with van der Waals surface area (Å²) in [6.45, 7) is 8.13. The highest BCUT2D eigenvalue weighted by Crippen LogP contribution is 2.23. The Hall–Kier alpha value is -1.78. The summed E-state index contributed by atoms with van der Waals surface area (Å²) in [6, 6.07) is 0. The maximum absolute atomic E-state index is 11.2. The van der Waals surface area contributed by atoms with Crippen molar-refractivity contribution in [2.45, 2.75) is 45.5 Å². The normalized spacial score (nSPS) is 26.1. The number of allylic oxidation sites excluding steroid dienone is 1. The molecule has 1 rings (SSSR count). The second-order valence-electron chi connectivity index (χ2n) is 4.27. The van der Waals surface area contributed by atoms with Gasteiger partial charge in [-0.15, -0.1) is 0 Å². The molecule has 0 aromatic carbocycles. The molecule has 0 spiro atoms. The predicted molar refractivity (Wildman–Crippen MR) is 64.6 cm³/mol. The van der Waals surface area contributed by atoms with Crippen LogP contribution < -0.4 is 0 Å². The van der Waals surface area contributed by atoms with Gasteiger partial charge in [0, 0.05) is 13.3 Å². The van der Waals surface area contributed by atoms with Crippen LogP contribution in [0.15, 0.2) is 24.7 Å². The zero-order valence-corrected chi connectivity index (χ0v) is 10.8. The molecule has 0 aromatic rings. The minimum atomic E-state index is -0.572. The lowest BCUT2D eigenvalue weighted by molar-refractivity contribution is -0.157. The molecular weight excluding hydrogens is 236 g/mol. The van der Waals surface area contributed by atoms with E-state index in [0.29, 0.717) is 5.76 Å². The second-order valence-corrected chi connectivity index (χ2v) is 4.27. The fraction of sp³-hybridized carbons (Fsp3) is 0.538. The van der Waals surface area contributed by atoms with E-state index in [0.717, 1.165) is 0 Å². The van der Waals surface area contributed by atoms with Gasteiger partial charge in [0.2, 0.25) is 0 Å². The monoisotopic (exact) mass is 254 g/mol. The molecule has 3 atom stereocenters. The van der Waals surface area contributed by atoms with Crippen LogP contribution in [-0.2, 0) is 23.8 Å². The lowest BCUT2D eigenvalue weighted by Gasteiger charge is -2.34. The Morgan fingerprint density at radius 3 is 2.44 bits per heavy atom. The average molecular weight is 254 g/mol. The van der Waals surface area contributed by atoms with Crippen molar-refractivity contribution in [2.24, 2.45) is 0 Å². The van der Waals surface area contributed by atoms with Gasteiger partial charge in [-0.1, -0.05) is 6.58 Å². The van der Waals surface area contributed by atoms with Crippen molar-refractivity contribution in [1.82, 2.24) is 0 Å². The molecule has 0 unspecified atom stereocenters. The van der Waals surface area contributed by atoms with Crippen LogP contribution in [0, 0.1) is 0 Å². The van der Waals surface area contributed by atoms with Crippen LogP contribution in [0.3, 0.4) is 0 Å². The van der Waals surface area contributed by atoms with Crippen molar-refractivity contribution in [3.05, 3.63) is 24.7 Å². The van der Waals surface area contributed by atoms with Gasteiger partial charge in [0.25, 0.3) is 0 Å². The Balaban J connectivity index is 2.84. The van der Waals surface area contributed by atoms with Gasteiger partial charge in [-0.05, 0) is 19.9 Å². The van der Waals surface area contributed by atoms with E-state index >= 15 is 0 Å². The largest absolute Gasteiger partial charge is 0.494 e. The van der Waals surface area contributed by atoms with Gasteiger partial charge in [0.05, 0.1) is 12.0 Å². The first kappa shape index (κ1) is 14.3. The third kappa shape index (κ3) is 4.24. The van der Waals surface area contributed by atoms with Crippen LogP contribution in [0.5, 0.6) is 0 Å². The lowest BCUT2D eigenvalue weighted by Crippen LogP contribution is -2.44. The first-order valence-electron chi connectivity index (χ1n) is 5.71. The summed E-state index contributed by atoms with van der Waals surface area (Å²) in [6.07, 6.45) is 1.61. The Labute approximate surface area is 106 Å². The second kappa shape index (κ2) is 6.23. The number of carbonyl (C=O) groups excluding carboxylic acids is 2. The van der Waals surface area contributed by atoms with Crippen molar-refractivity contribution < 1.29 is 23.8 Å². The molecule has 0 radical (unpaired) electrons. The zero-order valence-electron chi connectivity index (χ0n) is 10.8. The van der Waals surface area contributed by atoms with E-state index < -0.39 is 24.3 Å². The van der Waals surface area contributed by atoms with Crippen molar-refractivity contribution in [3.63, 3.8) is 0 Å². The summed E-state index contributed by atoms with van der Waals surface area (Å²) in [5.74, 6) is 0.0419. The smallest absolute Gasteiger partial charge is 0.303 e. The zero-order chi connectivity index (χ0) is 13.7. The SMILES string of the molecule is C=C(C)O[C@H]1[C@@H](OC(C)=O)C=CO[C@@H]1CC(C)=O. The molecular formula is C13H18O5. The molecule has 0 N–H and O–H groups in total. The molecule has 1 aliphatic rings. The van der Waals surface area contributed by atoms with E-state index in [9.17, 15) is 9.59 Å². The Morgan fingerprint density at radius 2 is 1.94 bits per heavy atom. The summed E-state index contributed by atoms with van der Waals surface area (Å²) in [7, 11) is 0. The van der Waals surface area contributed by atoms with Crippen LogP contribution in [-0.4, -0.2) is 30.1 Å². The van der Waals surface area contributed by atoms with Crippen molar-refractivity contribution in [2.75, 3.05) is 0 Å². The van der Waals surface area contributed by atoms with Crippen molar-refractivity contribution in [1.29, 1.82) is 0 Å². The maximum Gasteiger partial charge on any atom is 0.303 e. The molecule has 18 heavy (non-hydrogen) atoms. The average Bonchev–Trinajstić information content (AvgIpc) is 2.20.